The normalized spacial score (nSPS) is 15.3. The Hall–Kier alpha value is -2.87. The van der Waals surface area contributed by atoms with Crippen LogP contribution in [0.3, 0.4) is 0 Å². The molecule has 1 aromatic heterocycles. The number of unbranched alkanes of at least 4 members (excludes halogenated alkanes) is 3. The van der Waals surface area contributed by atoms with Crippen molar-refractivity contribution in [3.63, 3.8) is 0 Å². The summed E-state index contributed by atoms with van der Waals surface area (Å²) in [5, 5.41) is 0. The number of methoxy groups -OCH3 is 1. The maximum absolute atomic E-state index is 11.0. The van der Waals surface area contributed by atoms with Crippen molar-refractivity contribution in [2.45, 2.75) is 78.7 Å². The van der Waals surface area contributed by atoms with Gasteiger partial charge >= 0.3 is 5.97 Å². The van der Waals surface area contributed by atoms with Crippen LogP contribution in [-0.2, 0) is 20.8 Å². The highest BCUT2D eigenvalue weighted by Crippen LogP contribution is 2.23. The van der Waals surface area contributed by atoms with Crippen LogP contribution in [0.5, 0.6) is 5.75 Å². The highest BCUT2D eigenvalue weighted by molar-refractivity contribution is 5.65. The minimum Gasteiger partial charge on any atom is -0.380 e. The summed E-state index contributed by atoms with van der Waals surface area (Å²) >= 11 is 0. The van der Waals surface area contributed by atoms with Crippen molar-refractivity contribution in [2.24, 2.45) is 5.92 Å². The van der Waals surface area contributed by atoms with Gasteiger partial charge in [-0.15, -0.1) is 0 Å². The first-order valence-corrected chi connectivity index (χ1v) is 13.6. The first-order valence-electron chi connectivity index (χ1n) is 13.6. The minimum atomic E-state index is -0.474. The van der Waals surface area contributed by atoms with Crippen molar-refractivity contribution < 1.29 is 19.3 Å². The molecule has 1 aromatic carbocycles. The molecular weight excluding hydrogens is 468 g/mol. The highest BCUT2D eigenvalue weighted by atomic mass is 17.2. The van der Waals surface area contributed by atoms with Crippen LogP contribution in [0.15, 0.2) is 30.6 Å². The number of aryl methyl sites for hydroxylation is 1. The van der Waals surface area contributed by atoms with Crippen LogP contribution >= 0.6 is 0 Å². The lowest BCUT2D eigenvalue weighted by atomic mass is 10.0. The molecule has 3 rings (SSSR count). The molecule has 2 aromatic rings. The number of anilines is 2. The number of hydrogen-bond acceptors (Lipinski definition) is 8. The van der Waals surface area contributed by atoms with Gasteiger partial charge < -0.3 is 14.5 Å². The van der Waals surface area contributed by atoms with Crippen LogP contribution in [-0.4, -0.2) is 55.3 Å². The predicted octanol–water partition coefficient (Wildman–Crippen LogP) is 5.52. The quantitative estimate of drug-likeness (QED) is 0.175. The molecule has 37 heavy (non-hydrogen) atoms. The van der Waals surface area contributed by atoms with Crippen molar-refractivity contribution in [1.29, 1.82) is 0 Å². The van der Waals surface area contributed by atoms with E-state index >= 15 is 0 Å². The molecule has 1 saturated heterocycles. The summed E-state index contributed by atoms with van der Waals surface area (Å²) in [5.41, 5.74) is 3.17. The Kier molecular flexibility index (Phi) is 11.5. The average Bonchev–Trinajstić information content (AvgIpc) is 3.36. The lowest BCUT2D eigenvalue weighted by molar-refractivity contribution is -0.211. The third-order valence-corrected chi connectivity index (χ3v) is 6.87. The Bertz CT molecular complexity index is 967. The van der Waals surface area contributed by atoms with Crippen LogP contribution < -0.4 is 14.7 Å². The van der Waals surface area contributed by atoms with Gasteiger partial charge in [-0.1, -0.05) is 51.7 Å². The number of hydrogen-bond donors (Lipinski definition) is 0. The summed E-state index contributed by atoms with van der Waals surface area (Å²) in [5.74, 6) is 1.62. The van der Waals surface area contributed by atoms with Crippen LogP contribution in [0.1, 0.15) is 70.4 Å². The van der Waals surface area contributed by atoms with E-state index in [0.29, 0.717) is 5.75 Å². The molecule has 0 spiro atoms. The highest BCUT2D eigenvalue weighted by Gasteiger charge is 2.23. The summed E-state index contributed by atoms with van der Waals surface area (Å²) < 4.78 is 5.50. The Morgan fingerprint density at radius 3 is 2.54 bits per heavy atom. The van der Waals surface area contributed by atoms with Crippen LogP contribution in [0.4, 0.5) is 11.6 Å². The van der Waals surface area contributed by atoms with Gasteiger partial charge in [-0.3, -0.25) is 9.78 Å². The van der Waals surface area contributed by atoms with E-state index in [1.165, 1.54) is 38.2 Å². The minimum absolute atomic E-state index is 0.279. The van der Waals surface area contributed by atoms with Gasteiger partial charge in [0, 0.05) is 40.2 Å². The van der Waals surface area contributed by atoms with Gasteiger partial charge in [0.1, 0.15) is 0 Å². The summed E-state index contributed by atoms with van der Waals surface area (Å²) in [4.78, 5) is 34.9. The fourth-order valence-corrected chi connectivity index (χ4v) is 4.64. The molecule has 1 aliphatic heterocycles. The Morgan fingerprint density at radius 1 is 1.14 bits per heavy atom. The third kappa shape index (κ3) is 9.50. The topological polar surface area (TPSA) is 77.0 Å². The smallest absolute Gasteiger partial charge is 0.352 e. The second-order valence-electron chi connectivity index (χ2n) is 10.4. The molecule has 1 atom stereocenters. The lowest BCUT2D eigenvalue weighted by Gasteiger charge is -2.24. The van der Waals surface area contributed by atoms with Gasteiger partial charge in [0.05, 0.1) is 24.2 Å². The number of carbonyl (C=O) groups is 1. The fraction of sp³-hybridized carbons (Fsp3) is 0.621. The zero-order chi connectivity index (χ0) is 26.6. The summed E-state index contributed by atoms with van der Waals surface area (Å²) in [6.07, 6.45) is 12.3. The maximum Gasteiger partial charge on any atom is 0.352 e. The van der Waals surface area contributed by atoms with Crippen molar-refractivity contribution in [3.8, 4) is 5.75 Å². The number of carbonyl (C=O) groups excluding carboxylic acids is 1. The molecule has 0 N–H and O–H groups in total. The molecule has 0 radical (unpaired) electrons. The van der Waals surface area contributed by atoms with Crippen molar-refractivity contribution in [1.82, 2.24) is 9.97 Å². The van der Waals surface area contributed by atoms with E-state index in [4.69, 9.17) is 19.6 Å². The maximum atomic E-state index is 11.0. The summed E-state index contributed by atoms with van der Waals surface area (Å²) in [7, 11) is 1.77. The molecule has 1 aliphatic rings. The molecule has 0 aliphatic carbocycles. The summed E-state index contributed by atoms with van der Waals surface area (Å²) in [6, 6.07) is 5.94. The molecule has 0 amide bonds. The molecule has 0 saturated carbocycles. The zero-order valence-electron chi connectivity index (χ0n) is 23.2. The SMILES string of the molecule is COC1CCN(c2cnc(N(CCCCCCC(C)C)CCc3ccc(OOC(C)=O)c(C)c3)nc2)C1. The summed E-state index contributed by atoms with van der Waals surface area (Å²) in [6.45, 7) is 11.5. The number of rotatable bonds is 15. The van der Waals surface area contributed by atoms with E-state index in [1.807, 2.05) is 31.5 Å². The third-order valence-electron chi connectivity index (χ3n) is 6.87. The molecule has 1 fully saturated rings. The number of nitrogens with zero attached hydrogens (tertiary/aromatic N) is 4. The van der Waals surface area contributed by atoms with E-state index in [1.54, 1.807) is 7.11 Å². The Balaban J connectivity index is 1.61. The Morgan fingerprint density at radius 2 is 1.89 bits per heavy atom. The van der Waals surface area contributed by atoms with Gasteiger partial charge in [0.15, 0.2) is 5.75 Å². The van der Waals surface area contributed by atoms with Gasteiger partial charge in [-0.05, 0) is 49.3 Å². The van der Waals surface area contributed by atoms with Crippen molar-refractivity contribution in [2.75, 3.05) is 43.1 Å². The van der Waals surface area contributed by atoms with E-state index in [0.717, 1.165) is 68.6 Å². The monoisotopic (exact) mass is 512 g/mol. The second kappa shape index (κ2) is 14.8. The van der Waals surface area contributed by atoms with E-state index in [9.17, 15) is 4.79 Å². The van der Waals surface area contributed by atoms with Crippen LogP contribution in [0, 0.1) is 12.8 Å². The van der Waals surface area contributed by atoms with Gasteiger partial charge in [0.2, 0.25) is 5.95 Å². The number of benzene rings is 1. The van der Waals surface area contributed by atoms with Gasteiger partial charge in [0.25, 0.3) is 0 Å². The van der Waals surface area contributed by atoms with Crippen molar-refractivity contribution in [3.05, 3.63) is 41.7 Å². The Labute approximate surface area is 222 Å². The molecule has 0 bridgehead atoms. The largest absolute Gasteiger partial charge is 0.380 e. The average molecular weight is 513 g/mol. The predicted molar refractivity (Wildman–Crippen MR) is 147 cm³/mol. The molecule has 8 nitrogen and oxygen atoms in total. The van der Waals surface area contributed by atoms with Gasteiger partial charge in [-0.2, -0.15) is 0 Å². The van der Waals surface area contributed by atoms with Crippen LogP contribution in [0.2, 0.25) is 0 Å². The van der Waals surface area contributed by atoms with E-state index < -0.39 is 5.97 Å². The first-order chi connectivity index (χ1) is 17.9. The van der Waals surface area contributed by atoms with Crippen molar-refractivity contribution >= 4 is 17.6 Å². The second-order valence-corrected chi connectivity index (χ2v) is 10.4. The standard InChI is InChI=1S/C29H44N4O4/c1-22(2)10-8-6-7-9-15-32(16-13-25-11-12-28(23(3)18-25)37-36-24(4)34)29-30-19-26(20-31-29)33-17-14-27(21-33)35-5/h11-12,18-20,22,27H,6-10,13-17,21H2,1-5H3. The molecule has 8 heteroatoms. The number of ether oxygens (including phenoxy) is 1. The molecule has 1 unspecified atom stereocenters. The number of aromatic nitrogens is 2. The first kappa shape index (κ1) is 28.7. The molecular formula is C29H44N4O4. The fourth-order valence-electron chi connectivity index (χ4n) is 4.64. The van der Waals surface area contributed by atoms with Gasteiger partial charge in [-0.25, -0.2) is 14.8 Å². The molecule has 2 heterocycles. The molecule has 204 valence electrons. The van der Waals surface area contributed by atoms with E-state index in [-0.39, 0.29) is 6.10 Å². The zero-order valence-corrected chi connectivity index (χ0v) is 23.2. The van der Waals surface area contributed by atoms with Crippen LogP contribution in [0.25, 0.3) is 0 Å². The lowest BCUT2D eigenvalue weighted by Crippen LogP contribution is -2.29. The van der Waals surface area contributed by atoms with E-state index in [2.05, 4.69) is 34.6 Å².